The average molecular weight is 565 g/mol. The molecule has 1 aromatic carbocycles. The molecule has 3 aromatic heterocycles. The third-order valence-electron chi connectivity index (χ3n) is 8.54. The van der Waals surface area contributed by atoms with Gasteiger partial charge in [0.2, 0.25) is 5.82 Å². The first-order valence-corrected chi connectivity index (χ1v) is 13.9. The Labute approximate surface area is 235 Å². The fraction of sp³-hybridized carbons (Fsp3) is 0.433. The van der Waals surface area contributed by atoms with Crippen LogP contribution in [0.25, 0.3) is 22.7 Å². The molecule has 0 aliphatic heterocycles. The SMILES string of the molecule is Cc1c(C(C)C)ccnc1-c1nc2nc(C(=O)O)nc(NC3(C4CCC4)CC3)c2n1Cc1ccc(C(F)(F)F)cc1. The van der Waals surface area contributed by atoms with E-state index < -0.39 is 17.7 Å². The molecule has 2 fully saturated rings. The van der Waals surface area contributed by atoms with Crippen molar-refractivity contribution in [3.05, 3.63) is 64.6 Å². The van der Waals surface area contributed by atoms with Crippen LogP contribution in [0, 0.1) is 12.8 Å². The molecule has 4 aromatic rings. The average Bonchev–Trinajstić information content (AvgIpc) is 3.54. The molecule has 6 rings (SSSR count). The summed E-state index contributed by atoms with van der Waals surface area (Å²) in [5.74, 6) is -0.0990. The van der Waals surface area contributed by atoms with Gasteiger partial charge in [-0.3, -0.25) is 4.98 Å². The van der Waals surface area contributed by atoms with Gasteiger partial charge in [0.25, 0.3) is 0 Å². The zero-order valence-corrected chi connectivity index (χ0v) is 23.1. The topological polar surface area (TPSA) is 106 Å². The van der Waals surface area contributed by atoms with Crippen LogP contribution in [0.4, 0.5) is 19.0 Å². The smallest absolute Gasteiger partial charge is 0.416 e. The maximum absolute atomic E-state index is 13.3. The molecule has 0 radical (unpaired) electrons. The van der Waals surface area contributed by atoms with Gasteiger partial charge in [0, 0.05) is 18.3 Å². The maximum Gasteiger partial charge on any atom is 0.416 e. The summed E-state index contributed by atoms with van der Waals surface area (Å²) < 4.78 is 41.6. The number of fused-ring (bicyclic) bond motifs is 1. The first-order valence-electron chi connectivity index (χ1n) is 13.9. The molecule has 2 saturated carbocycles. The minimum Gasteiger partial charge on any atom is -0.475 e. The first-order chi connectivity index (χ1) is 19.5. The third-order valence-corrected chi connectivity index (χ3v) is 8.54. The van der Waals surface area contributed by atoms with Gasteiger partial charge in [0.15, 0.2) is 17.3 Å². The number of halogens is 3. The van der Waals surface area contributed by atoms with Gasteiger partial charge in [-0.05, 0) is 79.3 Å². The Hall–Kier alpha value is -4.02. The second-order valence-electron chi connectivity index (χ2n) is 11.5. The molecule has 2 aliphatic carbocycles. The number of imidazole rings is 1. The van der Waals surface area contributed by atoms with E-state index in [4.69, 9.17) is 4.98 Å². The standard InChI is InChI=1S/C30H31F3N6O2/c1-16(2)21-11-14-34-22(17(21)3)27-37-24-23(39(27)15-18-7-9-20(10-8-18)30(31,32)33)25(36-26(35-24)28(40)41)38-29(12-13-29)19-5-4-6-19/h7-11,14,16,19H,4-6,12-13,15H2,1-3H3,(H,40,41)(H,35,36,38). The van der Waals surface area contributed by atoms with Crippen molar-refractivity contribution < 1.29 is 23.1 Å². The molecule has 0 unspecified atom stereocenters. The lowest BCUT2D eigenvalue weighted by atomic mass is 9.78. The van der Waals surface area contributed by atoms with Crippen molar-refractivity contribution in [2.75, 3.05) is 5.32 Å². The van der Waals surface area contributed by atoms with Crippen molar-refractivity contribution in [1.82, 2.24) is 24.5 Å². The molecule has 3 heterocycles. The van der Waals surface area contributed by atoms with Crippen molar-refractivity contribution in [2.24, 2.45) is 5.92 Å². The monoisotopic (exact) mass is 564 g/mol. The van der Waals surface area contributed by atoms with Crippen LogP contribution in [-0.4, -0.2) is 41.1 Å². The largest absolute Gasteiger partial charge is 0.475 e. The Kier molecular flexibility index (Phi) is 6.50. The highest BCUT2D eigenvalue weighted by Gasteiger charge is 2.51. The molecule has 0 bridgehead atoms. The molecule has 0 saturated heterocycles. The molecule has 214 valence electrons. The van der Waals surface area contributed by atoms with E-state index >= 15 is 0 Å². The Morgan fingerprint density at radius 3 is 2.39 bits per heavy atom. The van der Waals surface area contributed by atoms with Crippen molar-refractivity contribution in [2.45, 2.75) is 77.1 Å². The molecule has 0 atom stereocenters. The number of aromatic carboxylic acids is 1. The maximum atomic E-state index is 13.3. The summed E-state index contributed by atoms with van der Waals surface area (Å²) in [4.78, 5) is 30.2. The van der Waals surface area contributed by atoms with E-state index in [2.05, 4.69) is 34.1 Å². The number of benzene rings is 1. The zero-order chi connectivity index (χ0) is 29.1. The highest BCUT2D eigenvalue weighted by atomic mass is 19.4. The lowest BCUT2D eigenvalue weighted by molar-refractivity contribution is -0.137. The molecule has 0 amide bonds. The van der Waals surface area contributed by atoms with Gasteiger partial charge in [0.1, 0.15) is 11.2 Å². The molecule has 2 N–H and O–H groups in total. The van der Waals surface area contributed by atoms with Crippen LogP contribution in [0.3, 0.4) is 0 Å². The molecule has 2 aliphatic rings. The first kappa shape index (κ1) is 27.2. The van der Waals surface area contributed by atoms with Crippen molar-refractivity contribution >= 4 is 23.0 Å². The normalized spacial score (nSPS) is 16.7. The van der Waals surface area contributed by atoms with Gasteiger partial charge in [-0.1, -0.05) is 32.4 Å². The van der Waals surface area contributed by atoms with Crippen LogP contribution in [-0.2, 0) is 12.7 Å². The van der Waals surface area contributed by atoms with E-state index in [1.807, 2.05) is 17.6 Å². The number of rotatable bonds is 8. The number of alkyl halides is 3. The highest BCUT2D eigenvalue weighted by Crippen LogP contribution is 2.53. The minimum absolute atomic E-state index is 0.148. The summed E-state index contributed by atoms with van der Waals surface area (Å²) in [6.07, 6.45) is 2.57. The van der Waals surface area contributed by atoms with Crippen LogP contribution in [0.5, 0.6) is 0 Å². The second-order valence-corrected chi connectivity index (χ2v) is 11.5. The summed E-state index contributed by atoms with van der Waals surface area (Å²) in [5, 5.41) is 13.4. The number of carboxylic acids is 1. The Morgan fingerprint density at radius 2 is 1.83 bits per heavy atom. The number of anilines is 1. The summed E-state index contributed by atoms with van der Waals surface area (Å²) in [6, 6.07) is 6.96. The Bertz CT molecular complexity index is 1640. The van der Waals surface area contributed by atoms with Crippen LogP contribution in [0.15, 0.2) is 36.5 Å². The number of pyridine rings is 1. The predicted octanol–water partition coefficient (Wildman–Crippen LogP) is 6.83. The zero-order valence-electron chi connectivity index (χ0n) is 23.1. The molecular weight excluding hydrogens is 533 g/mol. The number of aromatic nitrogens is 5. The molecule has 11 heteroatoms. The summed E-state index contributed by atoms with van der Waals surface area (Å²) in [5.41, 5.74) is 3.04. The van der Waals surface area contributed by atoms with Crippen LogP contribution in [0.2, 0.25) is 0 Å². The molecule has 41 heavy (non-hydrogen) atoms. The van der Waals surface area contributed by atoms with E-state index in [0.717, 1.165) is 48.9 Å². The molecule has 0 spiro atoms. The number of hydrogen-bond donors (Lipinski definition) is 2. The Morgan fingerprint density at radius 1 is 1.12 bits per heavy atom. The lowest BCUT2D eigenvalue weighted by Gasteiger charge is -2.35. The summed E-state index contributed by atoms with van der Waals surface area (Å²) in [7, 11) is 0. The predicted molar refractivity (Wildman–Crippen MR) is 148 cm³/mol. The van der Waals surface area contributed by atoms with Crippen molar-refractivity contribution in [1.29, 1.82) is 0 Å². The number of carbonyl (C=O) groups is 1. The van der Waals surface area contributed by atoms with Gasteiger partial charge in [0.05, 0.1) is 5.56 Å². The van der Waals surface area contributed by atoms with E-state index in [-0.39, 0.29) is 29.5 Å². The van der Waals surface area contributed by atoms with Crippen LogP contribution in [0.1, 0.15) is 84.7 Å². The van der Waals surface area contributed by atoms with Gasteiger partial charge in [-0.15, -0.1) is 0 Å². The molecule has 8 nitrogen and oxygen atoms in total. The summed E-state index contributed by atoms with van der Waals surface area (Å²) in [6.45, 7) is 6.29. The van der Waals surface area contributed by atoms with E-state index in [1.54, 1.807) is 6.20 Å². The quantitative estimate of drug-likeness (QED) is 0.242. The van der Waals surface area contributed by atoms with Gasteiger partial charge < -0.3 is 15.0 Å². The van der Waals surface area contributed by atoms with E-state index in [9.17, 15) is 23.1 Å². The number of nitrogens with one attached hydrogen (secondary N) is 1. The van der Waals surface area contributed by atoms with Crippen molar-refractivity contribution in [3.63, 3.8) is 0 Å². The number of nitrogens with zero attached hydrogens (tertiary/aromatic N) is 5. The van der Waals surface area contributed by atoms with Gasteiger partial charge in [-0.2, -0.15) is 13.2 Å². The second kappa shape index (κ2) is 9.81. The highest BCUT2D eigenvalue weighted by molar-refractivity contribution is 5.92. The minimum atomic E-state index is -4.44. The van der Waals surface area contributed by atoms with E-state index in [0.29, 0.717) is 34.3 Å². The molecular formula is C30H31F3N6O2. The number of hydrogen-bond acceptors (Lipinski definition) is 6. The van der Waals surface area contributed by atoms with Gasteiger partial charge >= 0.3 is 12.1 Å². The lowest BCUT2D eigenvalue weighted by Crippen LogP contribution is -2.36. The fourth-order valence-electron chi connectivity index (χ4n) is 5.90. The third kappa shape index (κ3) is 4.91. The van der Waals surface area contributed by atoms with E-state index in [1.165, 1.54) is 18.6 Å². The summed E-state index contributed by atoms with van der Waals surface area (Å²) >= 11 is 0. The van der Waals surface area contributed by atoms with Crippen LogP contribution >= 0.6 is 0 Å². The van der Waals surface area contributed by atoms with Crippen LogP contribution < -0.4 is 5.32 Å². The Balaban J connectivity index is 1.56. The fourth-order valence-corrected chi connectivity index (χ4v) is 5.90. The van der Waals surface area contributed by atoms with Gasteiger partial charge in [-0.25, -0.2) is 19.7 Å². The van der Waals surface area contributed by atoms with Crippen molar-refractivity contribution in [3.8, 4) is 11.5 Å². The number of carboxylic acid groups (broad SMARTS) is 1.